The first-order valence-corrected chi connectivity index (χ1v) is 12.4. The van der Waals surface area contributed by atoms with Gasteiger partial charge in [-0.1, -0.05) is 49.6 Å². The summed E-state index contributed by atoms with van der Waals surface area (Å²) in [6, 6.07) is 16.7. The lowest BCUT2D eigenvalue weighted by atomic mass is 10.1. The average molecular weight is 493 g/mol. The molecule has 0 saturated heterocycles. The third kappa shape index (κ3) is 9.36. The summed E-state index contributed by atoms with van der Waals surface area (Å²) in [6.07, 6.45) is 3.19. The summed E-state index contributed by atoms with van der Waals surface area (Å²) in [4.78, 5) is 16.1. The van der Waals surface area contributed by atoms with Gasteiger partial charge in [0.25, 0.3) is 0 Å². The topological polar surface area (TPSA) is 62.2 Å². The zero-order valence-corrected chi connectivity index (χ0v) is 22.1. The van der Waals surface area contributed by atoms with Gasteiger partial charge in [0.15, 0.2) is 6.29 Å². The van der Waals surface area contributed by atoms with Gasteiger partial charge in [0, 0.05) is 36.6 Å². The van der Waals surface area contributed by atoms with E-state index in [4.69, 9.17) is 9.47 Å². The minimum atomic E-state index is -0.998. The van der Waals surface area contributed by atoms with Crippen LogP contribution in [0.4, 0.5) is 11.4 Å². The Morgan fingerprint density at radius 1 is 0.861 bits per heavy atom. The molecule has 6 nitrogen and oxygen atoms in total. The summed E-state index contributed by atoms with van der Waals surface area (Å²) in [5.41, 5.74) is 5.34. The largest absolute Gasteiger partial charge is 0.460 e. The highest BCUT2D eigenvalue weighted by Crippen LogP contribution is 2.19. The normalized spacial score (nSPS) is 11.8. The van der Waals surface area contributed by atoms with E-state index in [-0.39, 0.29) is 6.61 Å². The van der Waals surface area contributed by atoms with E-state index >= 15 is 0 Å². The van der Waals surface area contributed by atoms with Crippen LogP contribution in [0.25, 0.3) is 12.2 Å². The SMILES string of the molecule is C=C(C)C(=O)OCCN(CCOC(O)C(=C)C)c1ccc(/C=C/c2ccc(N(CC)CC)cc2)cc1. The molecule has 2 aromatic rings. The Bertz CT molecular complexity index is 1010. The van der Waals surface area contributed by atoms with Crippen LogP contribution in [0.5, 0.6) is 0 Å². The molecule has 0 radical (unpaired) electrons. The number of esters is 1. The third-order valence-electron chi connectivity index (χ3n) is 5.75. The molecule has 0 aliphatic heterocycles. The molecule has 0 aliphatic rings. The predicted molar refractivity (Wildman–Crippen MR) is 150 cm³/mol. The Balaban J connectivity index is 2.04. The fourth-order valence-corrected chi connectivity index (χ4v) is 3.53. The van der Waals surface area contributed by atoms with Crippen molar-refractivity contribution in [2.24, 2.45) is 0 Å². The number of anilines is 2. The van der Waals surface area contributed by atoms with E-state index in [0.717, 1.165) is 29.9 Å². The van der Waals surface area contributed by atoms with Gasteiger partial charge in [-0.3, -0.25) is 0 Å². The highest BCUT2D eigenvalue weighted by atomic mass is 16.6. The molecule has 0 spiro atoms. The van der Waals surface area contributed by atoms with Crippen molar-refractivity contribution >= 4 is 29.5 Å². The van der Waals surface area contributed by atoms with Crippen LogP contribution in [0.2, 0.25) is 0 Å². The van der Waals surface area contributed by atoms with Crippen molar-refractivity contribution in [3.05, 3.63) is 84.0 Å². The second-order valence-corrected chi connectivity index (χ2v) is 8.66. The number of aliphatic hydroxyl groups is 1. The minimum absolute atomic E-state index is 0.222. The molecule has 1 atom stereocenters. The number of nitrogens with zero attached hydrogens (tertiary/aromatic N) is 2. The fraction of sp³-hybridized carbons (Fsp3) is 0.367. The van der Waals surface area contributed by atoms with Crippen molar-refractivity contribution in [3.63, 3.8) is 0 Å². The molecule has 194 valence electrons. The number of carbonyl (C=O) groups excluding carboxylic acids is 1. The zero-order valence-electron chi connectivity index (χ0n) is 22.1. The van der Waals surface area contributed by atoms with E-state index in [0.29, 0.717) is 30.8 Å². The van der Waals surface area contributed by atoms with Crippen molar-refractivity contribution in [3.8, 4) is 0 Å². The molecule has 6 heteroatoms. The Kier molecular flexibility index (Phi) is 12.0. The lowest BCUT2D eigenvalue weighted by molar-refractivity contribution is -0.138. The van der Waals surface area contributed by atoms with E-state index in [2.05, 4.69) is 73.2 Å². The summed E-state index contributed by atoms with van der Waals surface area (Å²) < 4.78 is 10.7. The van der Waals surface area contributed by atoms with Crippen LogP contribution in [0, 0.1) is 0 Å². The lowest BCUT2D eigenvalue weighted by Crippen LogP contribution is -2.32. The molecule has 0 amide bonds. The van der Waals surface area contributed by atoms with Gasteiger partial charge in [-0.25, -0.2) is 4.79 Å². The van der Waals surface area contributed by atoms with Gasteiger partial charge >= 0.3 is 5.97 Å². The van der Waals surface area contributed by atoms with Crippen LogP contribution < -0.4 is 9.80 Å². The van der Waals surface area contributed by atoms with Gasteiger partial charge < -0.3 is 24.4 Å². The first-order valence-electron chi connectivity index (χ1n) is 12.4. The zero-order chi connectivity index (χ0) is 26.5. The second-order valence-electron chi connectivity index (χ2n) is 8.66. The Labute approximate surface area is 216 Å². The standard InChI is InChI=1S/C30H40N2O4/c1-7-31(8-2)27-15-11-25(12-16-27)9-10-26-13-17-28(18-14-26)32(19-21-35-29(33)23(3)4)20-22-36-30(34)24(5)6/h9-18,29,33H,3,5,7-8,19-22H2,1-2,4,6H3/b10-9+. The van der Waals surface area contributed by atoms with Gasteiger partial charge in [0.2, 0.25) is 0 Å². The number of benzene rings is 2. The number of carbonyl (C=O) groups is 1. The van der Waals surface area contributed by atoms with E-state index < -0.39 is 12.3 Å². The number of ether oxygens (including phenoxy) is 2. The molecular formula is C30H40N2O4. The van der Waals surface area contributed by atoms with Crippen LogP contribution in [-0.4, -0.2) is 56.8 Å². The molecule has 0 bridgehead atoms. The molecule has 1 unspecified atom stereocenters. The summed E-state index contributed by atoms with van der Waals surface area (Å²) in [7, 11) is 0. The summed E-state index contributed by atoms with van der Waals surface area (Å²) in [5.74, 6) is -0.408. The highest BCUT2D eigenvalue weighted by molar-refractivity contribution is 5.86. The van der Waals surface area contributed by atoms with Crippen LogP contribution in [0.3, 0.4) is 0 Å². The molecule has 2 aromatic carbocycles. The van der Waals surface area contributed by atoms with Crippen molar-refractivity contribution in [1.29, 1.82) is 0 Å². The summed E-state index contributed by atoms with van der Waals surface area (Å²) >= 11 is 0. The number of hydrogen-bond donors (Lipinski definition) is 1. The van der Waals surface area contributed by atoms with Gasteiger partial charge in [-0.2, -0.15) is 0 Å². The van der Waals surface area contributed by atoms with E-state index in [9.17, 15) is 9.90 Å². The van der Waals surface area contributed by atoms with E-state index in [1.807, 2.05) is 24.3 Å². The molecule has 0 heterocycles. The lowest BCUT2D eigenvalue weighted by Gasteiger charge is -2.25. The summed E-state index contributed by atoms with van der Waals surface area (Å²) in [6.45, 7) is 18.5. The number of hydrogen-bond acceptors (Lipinski definition) is 6. The van der Waals surface area contributed by atoms with Crippen molar-refractivity contribution in [1.82, 2.24) is 0 Å². The monoisotopic (exact) mass is 492 g/mol. The van der Waals surface area contributed by atoms with Gasteiger partial charge in [-0.15, -0.1) is 0 Å². The maximum absolute atomic E-state index is 11.7. The van der Waals surface area contributed by atoms with Gasteiger partial charge in [-0.05, 0) is 68.7 Å². The van der Waals surface area contributed by atoms with E-state index in [1.165, 1.54) is 5.69 Å². The third-order valence-corrected chi connectivity index (χ3v) is 5.75. The van der Waals surface area contributed by atoms with Crippen molar-refractivity contribution in [2.45, 2.75) is 34.0 Å². The second kappa shape index (κ2) is 14.9. The Morgan fingerprint density at radius 3 is 1.78 bits per heavy atom. The molecule has 0 aliphatic carbocycles. The van der Waals surface area contributed by atoms with Crippen LogP contribution in [-0.2, 0) is 14.3 Å². The number of aliphatic hydroxyl groups excluding tert-OH is 1. The van der Waals surface area contributed by atoms with Gasteiger partial charge in [0.1, 0.15) is 6.61 Å². The Morgan fingerprint density at radius 2 is 1.33 bits per heavy atom. The Hall–Kier alpha value is -3.35. The van der Waals surface area contributed by atoms with Crippen molar-refractivity contribution in [2.75, 3.05) is 49.2 Å². The van der Waals surface area contributed by atoms with Gasteiger partial charge in [0.05, 0.1) is 13.2 Å². The molecule has 0 fully saturated rings. The van der Waals surface area contributed by atoms with Crippen molar-refractivity contribution < 1.29 is 19.4 Å². The predicted octanol–water partition coefficient (Wildman–Crippen LogP) is 5.54. The molecular weight excluding hydrogens is 452 g/mol. The first kappa shape index (κ1) is 28.9. The van der Waals surface area contributed by atoms with E-state index in [1.54, 1.807) is 13.8 Å². The molecule has 0 aromatic heterocycles. The minimum Gasteiger partial charge on any atom is -0.460 e. The maximum atomic E-state index is 11.7. The quantitative estimate of drug-likeness (QED) is 0.116. The number of rotatable bonds is 15. The van der Waals surface area contributed by atoms with Crippen LogP contribution in [0.15, 0.2) is 72.8 Å². The smallest absolute Gasteiger partial charge is 0.333 e. The average Bonchev–Trinajstić information content (AvgIpc) is 2.88. The first-order chi connectivity index (χ1) is 17.2. The highest BCUT2D eigenvalue weighted by Gasteiger charge is 2.11. The van der Waals surface area contributed by atoms with Crippen LogP contribution >= 0.6 is 0 Å². The molecule has 0 saturated carbocycles. The molecule has 36 heavy (non-hydrogen) atoms. The van der Waals surface area contributed by atoms with Crippen LogP contribution in [0.1, 0.15) is 38.8 Å². The summed E-state index contributed by atoms with van der Waals surface area (Å²) in [5, 5.41) is 9.85. The maximum Gasteiger partial charge on any atom is 0.333 e. The molecule has 1 N–H and O–H groups in total. The fourth-order valence-electron chi connectivity index (χ4n) is 3.53. The molecule has 2 rings (SSSR count).